The largest absolute Gasteiger partial charge is 0.399 e. The smallest absolute Gasteiger partial charge is 0.304 e. The number of nitrogens with two attached hydrogens (primary N) is 1. The zero-order valence-corrected chi connectivity index (χ0v) is 11.6. The molecule has 0 fully saturated rings. The number of fused-ring (bicyclic) bond motifs is 1. The molecule has 0 spiro atoms. The zero-order valence-electron chi connectivity index (χ0n) is 10.8. The van der Waals surface area contributed by atoms with Crippen molar-refractivity contribution < 1.29 is 8.42 Å². The van der Waals surface area contributed by atoms with Crippen LogP contribution < -0.4 is 10.0 Å². The van der Waals surface area contributed by atoms with Gasteiger partial charge in [-0.3, -0.25) is 4.31 Å². The molecule has 100 valence electrons. The van der Waals surface area contributed by atoms with Gasteiger partial charge in [0.1, 0.15) is 0 Å². The Hall–Kier alpha value is -1.27. The van der Waals surface area contributed by atoms with Crippen LogP contribution in [0.25, 0.3) is 0 Å². The van der Waals surface area contributed by atoms with Crippen LogP contribution in [0.1, 0.15) is 19.4 Å². The first-order valence-corrected chi connectivity index (χ1v) is 7.56. The molecule has 0 radical (unpaired) electrons. The van der Waals surface area contributed by atoms with Crippen LogP contribution in [-0.2, 0) is 16.6 Å². The van der Waals surface area contributed by atoms with E-state index in [4.69, 9.17) is 5.73 Å². The van der Waals surface area contributed by atoms with E-state index < -0.39 is 10.2 Å². The highest BCUT2D eigenvalue weighted by Crippen LogP contribution is 2.32. The van der Waals surface area contributed by atoms with E-state index in [1.165, 1.54) is 8.61 Å². The Kier molecular flexibility index (Phi) is 3.49. The van der Waals surface area contributed by atoms with Crippen molar-refractivity contribution in [1.82, 2.24) is 4.31 Å². The molecule has 2 rings (SSSR count). The van der Waals surface area contributed by atoms with Crippen molar-refractivity contribution in [2.75, 3.05) is 29.7 Å². The van der Waals surface area contributed by atoms with Crippen LogP contribution in [0, 0.1) is 0 Å². The van der Waals surface area contributed by atoms with Gasteiger partial charge in [0.05, 0.1) is 5.69 Å². The number of benzene rings is 1. The van der Waals surface area contributed by atoms with Crippen molar-refractivity contribution in [3.05, 3.63) is 23.8 Å². The van der Waals surface area contributed by atoms with Crippen molar-refractivity contribution in [3.8, 4) is 0 Å². The molecule has 0 atom stereocenters. The summed E-state index contributed by atoms with van der Waals surface area (Å²) in [7, 11) is -3.40. The van der Waals surface area contributed by atoms with E-state index >= 15 is 0 Å². The van der Waals surface area contributed by atoms with Crippen molar-refractivity contribution in [2.24, 2.45) is 0 Å². The van der Waals surface area contributed by atoms with Gasteiger partial charge in [-0.15, -0.1) is 0 Å². The van der Waals surface area contributed by atoms with Crippen LogP contribution in [0.2, 0.25) is 0 Å². The Bertz CT molecular complexity index is 538. The fourth-order valence-electron chi connectivity index (χ4n) is 2.32. The summed E-state index contributed by atoms with van der Waals surface area (Å²) in [5.41, 5.74) is 8.16. The summed E-state index contributed by atoms with van der Waals surface area (Å²) in [5, 5.41) is 0. The number of rotatable bonds is 4. The highest BCUT2D eigenvalue weighted by atomic mass is 32.2. The van der Waals surface area contributed by atoms with E-state index in [0.29, 0.717) is 25.3 Å². The Balaban J connectivity index is 2.39. The third-order valence-electron chi connectivity index (χ3n) is 3.27. The third kappa shape index (κ3) is 2.06. The highest BCUT2D eigenvalue weighted by Gasteiger charge is 2.32. The number of anilines is 2. The van der Waals surface area contributed by atoms with Gasteiger partial charge in [-0.2, -0.15) is 12.7 Å². The van der Waals surface area contributed by atoms with E-state index in [-0.39, 0.29) is 0 Å². The second-order valence-corrected chi connectivity index (χ2v) is 6.16. The Morgan fingerprint density at radius 2 is 2.00 bits per heavy atom. The predicted molar refractivity (Wildman–Crippen MR) is 73.7 cm³/mol. The Labute approximate surface area is 108 Å². The molecule has 0 unspecified atom stereocenters. The molecule has 6 heteroatoms. The summed E-state index contributed by atoms with van der Waals surface area (Å²) in [6.07, 6.45) is 0.723. The summed E-state index contributed by atoms with van der Waals surface area (Å²) >= 11 is 0. The fourth-order valence-corrected chi connectivity index (χ4v) is 4.00. The second kappa shape index (κ2) is 4.78. The van der Waals surface area contributed by atoms with Gasteiger partial charge in [-0.1, -0.05) is 13.8 Å². The first-order valence-electron chi connectivity index (χ1n) is 6.17. The lowest BCUT2D eigenvalue weighted by Crippen LogP contribution is -2.43. The molecule has 0 bridgehead atoms. The maximum absolute atomic E-state index is 12.5. The van der Waals surface area contributed by atoms with Gasteiger partial charge in [0.15, 0.2) is 0 Å². The minimum absolute atomic E-state index is 0.486. The van der Waals surface area contributed by atoms with E-state index in [1.807, 2.05) is 19.9 Å². The lowest BCUT2D eigenvalue weighted by Gasteiger charge is -2.27. The Morgan fingerprint density at radius 1 is 1.33 bits per heavy atom. The first kappa shape index (κ1) is 13.2. The van der Waals surface area contributed by atoms with Crippen LogP contribution in [0.15, 0.2) is 18.2 Å². The van der Waals surface area contributed by atoms with Crippen LogP contribution >= 0.6 is 0 Å². The van der Waals surface area contributed by atoms with Crippen LogP contribution in [0.5, 0.6) is 0 Å². The molecule has 0 saturated heterocycles. The summed E-state index contributed by atoms with van der Waals surface area (Å²) in [6.45, 7) is 5.17. The molecule has 0 aliphatic carbocycles. The third-order valence-corrected chi connectivity index (χ3v) is 5.37. The molecule has 2 N–H and O–H groups in total. The van der Waals surface area contributed by atoms with E-state index in [0.717, 1.165) is 17.7 Å². The molecule has 5 nitrogen and oxygen atoms in total. The zero-order chi connectivity index (χ0) is 13.3. The van der Waals surface area contributed by atoms with Crippen LogP contribution in [0.4, 0.5) is 11.4 Å². The average molecular weight is 269 g/mol. The van der Waals surface area contributed by atoms with E-state index in [2.05, 4.69) is 0 Å². The molecule has 1 aliphatic rings. The van der Waals surface area contributed by atoms with Gasteiger partial charge in [0.2, 0.25) is 0 Å². The van der Waals surface area contributed by atoms with Gasteiger partial charge < -0.3 is 5.73 Å². The number of hydrogen-bond donors (Lipinski definition) is 1. The molecule has 0 amide bonds. The molecule has 1 aromatic carbocycles. The topological polar surface area (TPSA) is 66.6 Å². The SMILES string of the molecule is CCN(CC)S(=O)(=O)N1CCc2cc(N)ccc21. The summed E-state index contributed by atoms with van der Waals surface area (Å²) in [4.78, 5) is 0. The normalized spacial score (nSPS) is 15.2. The quantitative estimate of drug-likeness (QED) is 0.836. The molecule has 0 aromatic heterocycles. The number of nitrogen functional groups attached to an aromatic ring is 1. The first-order chi connectivity index (χ1) is 8.50. The molecular formula is C12H19N3O2S. The van der Waals surface area contributed by atoms with Crippen LogP contribution in [0.3, 0.4) is 0 Å². The molecule has 0 saturated carbocycles. The maximum atomic E-state index is 12.5. The molecule has 1 aliphatic heterocycles. The van der Waals surface area contributed by atoms with Gasteiger partial charge in [-0.05, 0) is 30.2 Å². The van der Waals surface area contributed by atoms with Crippen molar-refractivity contribution in [1.29, 1.82) is 0 Å². The molecule has 1 aromatic rings. The maximum Gasteiger partial charge on any atom is 0.304 e. The second-order valence-electron chi connectivity index (χ2n) is 4.30. The summed E-state index contributed by atoms with van der Waals surface area (Å²) in [6, 6.07) is 5.39. The minimum Gasteiger partial charge on any atom is -0.399 e. The summed E-state index contributed by atoms with van der Waals surface area (Å²) in [5.74, 6) is 0. The van der Waals surface area contributed by atoms with Crippen molar-refractivity contribution in [2.45, 2.75) is 20.3 Å². The summed E-state index contributed by atoms with van der Waals surface area (Å²) < 4.78 is 27.9. The average Bonchev–Trinajstić information content (AvgIpc) is 2.73. The van der Waals surface area contributed by atoms with E-state index in [9.17, 15) is 8.42 Å². The highest BCUT2D eigenvalue weighted by molar-refractivity contribution is 7.90. The number of nitrogens with zero attached hydrogens (tertiary/aromatic N) is 2. The van der Waals surface area contributed by atoms with E-state index in [1.54, 1.807) is 12.1 Å². The molecular weight excluding hydrogens is 250 g/mol. The standard InChI is InChI=1S/C12H19N3O2S/c1-3-14(4-2)18(16,17)15-8-7-10-9-11(13)5-6-12(10)15/h5-6,9H,3-4,7-8,13H2,1-2H3. The van der Waals surface area contributed by atoms with Crippen LogP contribution in [-0.4, -0.2) is 32.4 Å². The minimum atomic E-state index is -3.40. The monoisotopic (exact) mass is 269 g/mol. The lowest BCUT2D eigenvalue weighted by molar-refractivity contribution is 0.443. The fraction of sp³-hybridized carbons (Fsp3) is 0.500. The van der Waals surface area contributed by atoms with Gasteiger partial charge in [0, 0.05) is 25.3 Å². The Morgan fingerprint density at radius 3 is 2.61 bits per heavy atom. The molecule has 18 heavy (non-hydrogen) atoms. The number of hydrogen-bond acceptors (Lipinski definition) is 3. The van der Waals surface area contributed by atoms with Gasteiger partial charge in [-0.25, -0.2) is 0 Å². The van der Waals surface area contributed by atoms with Gasteiger partial charge in [0.25, 0.3) is 0 Å². The predicted octanol–water partition coefficient (Wildman–Crippen LogP) is 1.22. The van der Waals surface area contributed by atoms with Gasteiger partial charge >= 0.3 is 10.2 Å². The lowest BCUT2D eigenvalue weighted by atomic mass is 10.1. The van der Waals surface area contributed by atoms with Crippen molar-refractivity contribution >= 4 is 21.6 Å². The van der Waals surface area contributed by atoms with Crippen molar-refractivity contribution in [3.63, 3.8) is 0 Å². The molecule has 1 heterocycles.